The number of rotatable bonds is 6. The standard InChI is InChI=1S/C21H27NO2/c22-15-20(21(23)13-5-2-6-14-21)18-9-11-19(12-10-18)24-16-17-7-3-1-4-8-17/h1,3-4,7-12,20,23H,2,5-6,13-16,22H2/t20-/m1/s1. The van der Waals surface area contributed by atoms with Crippen molar-refractivity contribution in [3.63, 3.8) is 0 Å². The highest BCUT2D eigenvalue weighted by Gasteiger charge is 2.37. The maximum absolute atomic E-state index is 11.0. The summed E-state index contributed by atoms with van der Waals surface area (Å²) in [6.07, 6.45) is 5.09. The van der Waals surface area contributed by atoms with Crippen LogP contribution < -0.4 is 10.5 Å². The molecular formula is C21H27NO2. The normalized spacial score (nSPS) is 18.1. The molecule has 0 aromatic heterocycles. The summed E-state index contributed by atoms with van der Waals surface area (Å²) < 4.78 is 5.84. The summed E-state index contributed by atoms with van der Waals surface area (Å²) in [5.41, 5.74) is 7.61. The smallest absolute Gasteiger partial charge is 0.119 e. The van der Waals surface area contributed by atoms with E-state index in [1.54, 1.807) is 0 Å². The molecule has 2 aromatic rings. The molecule has 1 aliphatic carbocycles. The monoisotopic (exact) mass is 325 g/mol. The Balaban J connectivity index is 1.66. The molecule has 0 unspecified atom stereocenters. The third kappa shape index (κ3) is 3.97. The third-order valence-electron chi connectivity index (χ3n) is 5.13. The van der Waals surface area contributed by atoms with Gasteiger partial charge in [0.25, 0.3) is 0 Å². The summed E-state index contributed by atoms with van der Waals surface area (Å²) in [5.74, 6) is 0.843. The molecule has 3 N–H and O–H groups in total. The summed E-state index contributed by atoms with van der Waals surface area (Å²) in [6, 6.07) is 18.2. The van der Waals surface area contributed by atoms with E-state index in [1.807, 2.05) is 42.5 Å². The van der Waals surface area contributed by atoms with E-state index in [0.717, 1.165) is 42.6 Å². The first kappa shape index (κ1) is 17.0. The summed E-state index contributed by atoms with van der Waals surface area (Å²) in [7, 11) is 0. The van der Waals surface area contributed by atoms with E-state index in [1.165, 1.54) is 6.42 Å². The fourth-order valence-corrected chi connectivity index (χ4v) is 3.72. The van der Waals surface area contributed by atoms with E-state index in [-0.39, 0.29) is 5.92 Å². The second-order valence-electron chi connectivity index (χ2n) is 6.80. The Morgan fingerprint density at radius 2 is 1.62 bits per heavy atom. The van der Waals surface area contributed by atoms with Crippen LogP contribution in [0.25, 0.3) is 0 Å². The lowest BCUT2D eigenvalue weighted by Crippen LogP contribution is -2.41. The fraction of sp³-hybridized carbons (Fsp3) is 0.429. The van der Waals surface area contributed by atoms with Crippen LogP contribution >= 0.6 is 0 Å². The number of hydrogen-bond donors (Lipinski definition) is 2. The van der Waals surface area contributed by atoms with Gasteiger partial charge < -0.3 is 15.6 Å². The van der Waals surface area contributed by atoms with Gasteiger partial charge in [-0.3, -0.25) is 0 Å². The first-order valence-corrected chi connectivity index (χ1v) is 8.90. The lowest BCUT2D eigenvalue weighted by molar-refractivity contribution is -0.0194. The fourth-order valence-electron chi connectivity index (χ4n) is 3.72. The van der Waals surface area contributed by atoms with Gasteiger partial charge in [-0.15, -0.1) is 0 Å². The van der Waals surface area contributed by atoms with Crippen LogP contribution in [0, 0.1) is 0 Å². The molecule has 1 aliphatic rings. The van der Waals surface area contributed by atoms with E-state index in [0.29, 0.717) is 13.2 Å². The molecule has 3 rings (SSSR count). The molecule has 0 radical (unpaired) electrons. The maximum Gasteiger partial charge on any atom is 0.119 e. The number of benzene rings is 2. The second-order valence-corrected chi connectivity index (χ2v) is 6.80. The average molecular weight is 325 g/mol. The lowest BCUT2D eigenvalue weighted by atomic mass is 9.73. The average Bonchev–Trinajstić information content (AvgIpc) is 2.63. The molecule has 3 heteroatoms. The molecule has 24 heavy (non-hydrogen) atoms. The number of nitrogens with two attached hydrogens (primary N) is 1. The topological polar surface area (TPSA) is 55.5 Å². The van der Waals surface area contributed by atoms with Crippen LogP contribution in [0.1, 0.15) is 49.1 Å². The molecule has 0 heterocycles. The van der Waals surface area contributed by atoms with Crippen molar-refractivity contribution in [1.29, 1.82) is 0 Å². The van der Waals surface area contributed by atoms with Crippen LogP contribution in [-0.2, 0) is 6.61 Å². The SMILES string of the molecule is NC[C@H](c1ccc(OCc2ccccc2)cc1)C1(O)CCCCC1. The Hall–Kier alpha value is -1.84. The van der Waals surface area contributed by atoms with Crippen LogP contribution in [0.5, 0.6) is 5.75 Å². The van der Waals surface area contributed by atoms with Gasteiger partial charge in [0, 0.05) is 12.5 Å². The molecule has 3 nitrogen and oxygen atoms in total. The van der Waals surface area contributed by atoms with Gasteiger partial charge in [0.1, 0.15) is 12.4 Å². The van der Waals surface area contributed by atoms with E-state index in [2.05, 4.69) is 12.1 Å². The van der Waals surface area contributed by atoms with E-state index < -0.39 is 5.60 Å². The predicted molar refractivity (Wildman–Crippen MR) is 97.0 cm³/mol. The number of hydrogen-bond acceptors (Lipinski definition) is 3. The Morgan fingerprint density at radius 3 is 2.25 bits per heavy atom. The third-order valence-corrected chi connectivity index (χ3v) is 5.13. The summed E-state index contributed by atoms with van der Waals surface area (Å²) in [6.45, 7) is 1.03. The van der Waals surface area contributed by atoms with Crippen LogP contribution in [0.15, 0.2) is 54.6 Å². The van der Waals surface area contributed by atoms with Crippen LogP contribution in [0.4, 0.5) is 0 Å². The van der Waals surface area contributed by atoms with Gasteiger partial charge in [-0.2, -0.15) is 0 Å². The first-order valence-electron chi connectivity index (χ1n) is 8.90. The molecule has 0 aliphatic heterocycles. The molecule has 0 bridgehead atoms. The van der Waals surface area contributed by atoms with Gasteiger partial charge in [-0.05, 0) is 36.1 Å². The number of ether oxygens (including phenoxy) is 1. The van der Waals surface area contributed by atoms with Crippen LogP contribution in [0.3, 0.4) is 0 Å². The zero-order valence-corrected chi connectivity index (χ0v) is 14.2. The van der Waals surface area contributed by atoms with Crippen molar-refractivity contribution in [2.24, 2.45) is 5.73 Å². The Kier molecular flexibility index (Phi) is 5.54. The largest absolute Gasteiger partial charge is 0.489 e. The molecule has 0 amide bonds. The van der Waals surface area contributed by atoms with Crippen molar-refractivity contribution in [2.45, 2.75) is 50.2 Å². The minimum absolute atomic E-state index is 0.000901. The van der Waals surface area contributed by atoms with Gasteiger partial charge in [-0.1, -0.05) is 61.7 Å². The van der Waals surface area contributed by atoms with Crippen molar-refractivity contribution >= 4 is 0 Å². The van der Waals surface area contributed by atoms with Crippen molar-refractivity contribution in [2.75, 3.05) is 6.54 Å². The quantitative estimate of drug-likeness (QED) is 0.844. The molecule has 1 saturated carbocycles. The Morgan fingerprint density at radius 1 is 0.958 bits per heavy atom. The zero-order valence-electron chi connectivity index (χ0n) is 14.2. The summed E-state index contributed by atoms with van der Waals surface area (Å²) in [4.78, 5) is 0. The highest BCUT2D eigenvalue weighted by molar-refractivity contribution is 5.32. The lowest BCUT2D eigenvalue weighted by Gasteiger charge is -2.39. The maximum atomic E-state index is 11.0. The summed E-state index contributed by atoms with van der Waals surface area (Å²) in [5, 5.41) is 11.0. The second kappa shape index (κ2) is 7.82. The van der Waals surface area contributed by atoms with E-state index in [4.69, 9.17) is 10.5 Å². The zero-order chi connectivity index (χ0) is 16.8. The van der Waals surface area contributed by atoms with Gasteiger partial charge in [0.2, 0.25) is 0 Å². The van der Waals surface area contributed by atoms with Crippen molar-refractivity contribution in [3.05, 3.63) is 65.7 Å². The van der Waals surface area contributed by atoms with Crippen LogP contribution in [-0.4, -0.2) is 17.3 Å². The molecule has 0 spiro atoms. The van der Waals surface area contributed by atoms with Crippen molar-refractivity contribution in [1.82, 2.24) is 0 Å². The van der Waals surface area contributed by atoms with Crippen LogP contribution in [0.2, 0.25) is 0 Å². The van der Waals surface area contributed by atoms with Gasteiger partial charge >= 0.3 is 0 Å². The van der Waals surface area contributed by atoms with Gasteiger partial charge in [-0.25, -0.2) is 0 Å². The van der Waals surface area contributed by atoms with Gasteiger partial charge in [0.15, 0.2) is 0 Å². The minimum atomic E-state index is -0.653. The number of aliphatic hydroxyl groups is 1. The minimum Gasteiger partial charge on any atom is -0.489 e. The molecule has 0 saturated heterocycles. The molecule has 1 atom stereocenters. The molecular weight excluding hydrogens is 298 g/mol. The summed E-state index contributed by atoms with van der Waals surface area (Å²) >= 11 is 0. The molecule has 1 fully saturated rings. The first-order chi connectivity index (χ1) is 11.7. The van der Waals surface area contributed by atoms with Crippen molar-refractivity contribution < 1.29 is 9.84 Å². The highest BCUT2D eigenvalue weighted by atomic mass is 16.5. The predicted octanol–water partition coefficient (Wildman–Crippen LogP) is 4.00. The molecule has 128 valence electrons. The Bertz CT molecular complexity index is 618. The van der Waals surface area contributed by atoms with Gasteiger partial charge in [0.05, 0.1) is 5.60 Å². The van der Waals surface area contributed by atoms with E-state index in [9.17, 15) is 5.11 Å². The highest BCUT2D eigenvalue weighted by Crippen LogP contribution is 2.39. The van der Waals surface area contributed by atoms with Crippen molar-refractivity contribution in [3.8, 4) is 5.75 Å². The molecule has 2 aromatic carbocycles. The van der Waals surface area contributed by atoms with E-state index >= 15 is 0 Å². The Labute approximate surface area is 144 Å².